The van der Waals surface area contributed by atoms with Crippen LogP contribution in [0.3, 0.4) is 0 Å². The molecular formula is C11H19N. The molecule has 1 heteroatoms. The molecule has 68 valence electrons. The summed E-state index contributed by atoms with van der Waals surface area (Å²) in [5, 5.41) is 0. The van der Waals surface area contributed by atoms with Crippen LogP contribution in [0, 0.1) is 0 Å². The number of nitrogens with zero attached hydrogens (tertiary/aromatic N) is 1. The molecule has 0 aliphatic rings. The number of allylic oxidation sites excluding steroid dienone is 3. The Morgan fingerprint density at radius 1 is 1.25 bits per heavy atom. The fourth-order valence-corrected chi connectivity index (χ4v) is 0.763. The van der Waals surface area contributed by atoms with Gasteiger partial charge in [0.1, 0.15) is 0 Å². The molecule has 1 nitrogen and oxygen atoms in total. The average Bonchev–Trinajstić information content (AvgIpc) is 2.04. The highest BCUT2D eigenvalue weighted by Crippen LogP contribution is 1.97. The van der Waals surface area contributed by atoms with E-state index in [0.29, 0.717) is 0 Å². The molecule has 0 fully saturated rings. The van der Waals surface area contributed by atoms with Gasteiger partial charge >= 0.3 is 0 Å². The summed E-state index contributed by atoms with van der Waals surface area (Å²) >= 11 is 0. The summed E-state index contributed by atoms with van der Waals surface area (Å²) in [7, 11) is 0. The van der Waals surface area contributed by atoms with Gasteiger partial charge in [-0.15, -0.1) is 0 Å². The molecule has 0 N–H and O–H groups in total. The third kappa shape index (κ3) is 5.90. The smallest absolute Gasteiger partial charge is 0.0269 e. The lowest BCUT2D eigenvalue weighted by molar-refractivity contribution is 1.19. The first kappa shape index (κ1) is 11.2. The lowest BCUT2D eigenvalue weighted by Gasteiger charge is -1.90. The van der Waals surface area contributed by atoms with Crippen molar-refractivity contribution in [3.63, 3.8) is 0 Å². The highest BCUT2D eigenvalue weighted by molar-refractivity contribution is 5.82. The van der Waals surface area contributed by atoms with Gasteiger partial charge in [-0.25, -0.2) is 0 Å². The van der Waals surface area contributed by atoms with Crippen LogP contribution >= 0.6 is 0 Å². The molecular weight excluding hydrogens is 146 g/mol. The highest BCUT2D eigenvalue weighted by Gasteiger charge is 1.81. The summed E-state index contributed by atoms with van der Waals surface area (Å²) in [4.78, 5) is 4.26. The first-order valence-electron chi connectivity index (χ1n) is 4.57. The Labute approximate surface area is 75.9 Å². The predicted molar refractivity (Wildman–Crippen MR) is 56.6 cm³/mol. The van der Waals surface area contributed by atoms with Crippen molar-refractivity contribution in [2.24, 2.45) is 4.99 Å². The second-order valence-electron chi connectivity index (χ2n) is 2.89. The van der Waals surface area contributed by atoms with Crippen LogP contribution in [0.25, 0.3) is 0 Å². The second kappa shape index (κ2) is 6.84. The van der Waals surface area contributed by atoms with Gasteiger partial charge in [-0.1, -0.05) is 25.5 Å². The average molecular weight is 165 g/mol. The standard InChI is InChI=1S/C11H19N/c1-5-7-10(3)8-9-12-11(4)6-2/h7-9H,5-6H2,1-4H3/b9-8-,10-7+,12-11?. The van der Waals surface area contributed by atoms with Crippen molar-refractivity contribution in [1.82, 2.24) is 0 Å². The first-order valence-corrected chi connectivity index (χ1v) is 4.57. The first-order chi connectivity index (χ1) is 5.70. The maximum Gasteiger partial charge on any atom is 0.0269 e. The third-order valence-electron chi connectivity index (χ3n) is 1.67. The van der Waals surface area contributed by atoms with Gasteiger partial charge in [0.15, 0.2) is 0 Å². The van der Waals surface area contributed by atoms with Crippen molar-refractivity contribution in [2.45, 2.75) is 40.5 Å². The quantitative estimate of drug-likeness (QED) is 0.444. The van der Waals surface area contributed by atoms with E-state index in [-0.39, 0.29) is 0 Å². The van der Waals surface area contributed by atoms with Gasteiger partial charge in [0.2, 0.25) is 0 Å². The summed E-state index contributed by atoms with van der Waals surface area (Å²) < 4.78 is 0. The molecule has 0 aliphatic carbocycles. The maximum atomic E-state index is 4.26. The molecule has 0 atom stereocenters. The van der Waals surface area contributed by atoms with E-state index in [1.807, 2.05) is 19.2 Å². The second-order valence-corrected chi connectivity index (χ2v) is 2.89. The van der Waals surface area contributed by atoms with Crippen LogP contribution in [0.5, 0.6) is 0 Å². The van der Waals surface area contributed by atoms with Gasteiger partial charge in [-0.3, -0.25) is 4.99 Å². The zero-order chi connectivity index (χ0) is 9.40. The fraction of sp³-hybridized carbons (Fsp3) is 0.545. The van der Waals surface area contributed by atoms with Crippen LogP contribution in [0.1, 0.15) is 40.5 Å². The molecule has 0 bridgehead atoms. The van der Waals surface area contributed by atoms with E-state index < -0.39 is 0 Å². The van der Waals surface area contributed by atoms with Crippen LogP contribution < -0.4 is 0 Å². The molecule has 0 rings (SSSR count). The van der Waals surface area contributed by atoms with Crippen LogP contribution in [-0.4, -0.2) is 5.71 Å². The Balaban J connectivity index is 3.99. The predicted octanol–water partition coefficient (Wildman–Crippen LogP) is 3.73. The fourth-order valence-electron chi connectivity index (χ4n) is 0.763. The van der Waals surface area contributed by atoms with Crippen LogP contribution in [-0.2, 0) is 0 Å². The van der Waals surface area contributed by atoms with Gasteiger partial charge in [0, 0.05) is 11.9 Å². The van der Waals surface area contributed by atoms with E-state index in [4.69, 9.17) is 0 Å². The lowest BCUT2D eigenvalue weighted by Crippen LogP contribution is -1.83. The maximum absolute atomic E-state index is 4.26. The van der Waals surface area contributed by atoms with Gasteiger partial charge in [-0.05, 0) is 32.8 Å². The van der Waals surface area contributed by atoms with E-state index in [1.54, 1.807) is 0 Å². The number of hydrogen-bond donors (Lipinski definition) is 0. The van der Waals surface area contributed by atoms with E-state index in [2.05, 4.69) is 31.8 Å². The Morgan fingerprint density at radius 3 is 2.42 bits per heavy atom. The SMILES string of the molecule is CC/C=C(C)/C=C\N=C(C)CC. The Kier molecular flexibility index (Phi) is 6.35. The molecule has 0 aromatic rings. The molecule has 0 heterocycles. The Morgan fingerprint density at radius 2 is 1.92 bits per heavy atom. The van der Waals surface area contributed by atoms with Crippen LogP contribution in [0.4, 0.5) is 0 Å². The third-order valence-corrected chi connectivity index (χ3v) is 1.67. The molecule has 12 heavy (non-hydrogen) atoms. The molecule has 0 aromatic heterocycles. The molecule has 0 saturated heterocycles. The van der Waals surface area contributed by atoms with E-state index in [9.17, 15) is 0 Å². The van der Waals surface area contributed by atoms with E-state index >= 15 is 0 Å². The highest BCUT2D eigenvalue weighted by atomic mass is 14.7. The minimum atomic E-state index is 1.03. The van der Waals surface area contributed by atoms with E-state index in [0.717, 1.165) is 12.8 Å². The molecule has 0 aliphatic heterocycles. The van der Waals surface area contributed by atoms with Crippen molar-refractivity contribution in [1.29, 1.82) is 0 Å². The molecule has 0 saturated carbocycles. The Hall–Kier alpha value is -0.850. The molecule has 0 radical (unpaired) electrons. The minimum Gasteiger partial charge on any atom is -0.266 e. The van der Waals surface area contributed by atoms with Crippen molar-refractivity contribution in [2.75, 3.05) is 0 Å². The van der Waals surface area contributed by atoms with Crippen molar-refractivity contribution in [3.8, 4) is 0 Å². The molecule has 0 amide bonds. The van der Waals surface area contributed by atoms with E-state index in [1.165, 1.54) is 11.3 Å². The van der Waals surface area contributed by atoms with Gasteiger partial charge in [0.25, 0.3) is 0 Å². The lowest BCUT2D eigenvalue weighted by atomic mass is 10.2. The number of rotatable bonds is 4. The van der Waals surface area contributed by atoms with Crippen LogP contribution in [0.15, 0.2) is 28.9 Å². The van der Waals surface area contributed by atoms with Gasteiger partial charge in [0.05, 0.1) is 0 Å². The summed E-state index contributed by atoms with van der Waals surface area (Å²) in [5.41, 5.74) is 2.46. The summed E-state index contributed by atoms with van der Waals surface area (Å²) in [6.45, 7) is 8.39. The summed E-state index contributed by atoms with van der Waals surface area (Å²) in [6.07, 6.45) is 8.23. The van der Waals surface area contributed by atoms with Crippen molar-refractivity contribution < 1.29 is 0 Å². The van der Waals surface area contributed by atoms with Gasteiger partial charge in [-0.2, -0.15) is 0 Å². The van der Waals surface area contributed by atoms with Crippen molar-refractivity contribution >= 4 is 5.71 Å². The largest absolute Gasteiger partial charge is 0.266 e. The van der Waals surface area contributed by atoms with Crippen LogP contribution in [0.2, 0.25) is 0 Å². The monoisotopic (exact) mass is 165 g/mol. The molecule has 0 spiro atoms. The zero-order valence-electron chi connectivity index (χ0n) is 8.59. The Bertz CT molecular complexity index is 197. The topological polar surface area (TPSA) is 12.4 Å². The van der Waals surface area contributed by atoms with Gasteiger partial charge < -0.3 is 0 Å². The molecule has 0 aromatic carbocycles. The summed E-state index contributed by atoms with van der Waals surface area (Å²) in [6, 6.07) is 0. The number of hydrogen-bond acceptors (Lipinski definition) is 1. The minimum absolute atomic E-state index is 1.03. The molecule has 0 unspecified atom stereocenters. The summed E-state index contributed by atoms with van der Waals surface area (Å²) in [5.74, 6) is 0. The normalized spacial score (nSPS) is 14.3. The van der Waals surface area contributed by atoms with Crippen molar-refractivity contribution in [3.05, 3.63) is 23.9 Å². The zero-order valence-corrected chi connectivity index (χ0v) is 8.59. The number of aliphatic imine (C=N–C) groups is 1.